The van der Waals surface area contributed by atoms with Crippen LogP contribution in [-0.2, 0) is 4.79 Å². The first kappa shape index (κ1) is 16.8. The predicted octanol–water partition coefficient (Wildman–Crippen LogP) is 1.07. The number of hydrogen-bond donors (Lipinski definition) is 0. The van der Waals surface area contributed by atoms with Crippen LogP contribution in [-0.4, -0.2) is 79.4 Å². The molecule has 0 saturated carbocycles. The molecule has 2 aliphatic heterocycles. The van der Waals surface area contributed by atoms with E-state index in [1.807, 2.05) is 23.9 Å². The Kier molecular flexibility index (Phi) is 4.76. The smallest absolute Gasteiger partial charge is 0.254 e. The van der Waals surface area contributed by atoms with Gasteiger partial charge in [0.1, 0.15) is 5.75 Å². The van der Waals surface area contributed by atoms with Gasteiger partial charge in [-0.15, -0.1) is 0 Å². The lowest BCUT2D eigenvalue weighted by Crippen LogP contribution is -2.41. The molecule has 2 fully saturated rings. The van der Waals surface area contributed by atoms with E-state index in [-0.39, 0.29) is 23.9 Å². The normalized spacial score (nSPS) is 23.1. The van der Waals surface area contributed by atoms with Crippen molar-refractivity contribution in [3.05, 3.63) is 29.8 Å². The molecule has 2 saturated heterocycles. The van der Waals surface area contributed by atoms with Gasteiger partial charge < -0.3 is 19.4 Å². The van der Waals surface area contributed by atoms with E-state index >= 15 is 0 Å². The molecule has 1 aromatic rings. The summed E-state index contributed by atoms with van der Waals surface area (Å²) in [5.74, 6) is 0.906. The number of amides is 2. The SMILES string of the molecule is COc1ccc(C(=O)N2CC[C@@H]3[C@@H]2CC(=O)N3CCN(C)C)cc1. The van der Waals surface area contributed by atoms with E-state index < -0.39 is 0 Å². The third-order valence-corrected chi connectivity index (χ3v) is 5.00. The fourth-order valence-electron chi connectivity index (χ4n) is 3.68. The Balaban J connectivity index is 1.70. The van der Waals surface area contributed by atoms with Gasteiger partial charge in [-0.05, 0) is 44.8 Å². The minimum Gasteiger partial charge on any atom is -0.497 e. The molecule has 6 nitrogen and oxygen atoms in total. The molecule has 2 heterocycles. The quantitative estimate of drug-likeness (QED) is 0.810. The van der Waals surface area contributed by atoms with Gasteiger partial charge in [0.15, 0.2) is 0 Å². The largest absolute Gasteiger partial charge is 0.497 e. The molecule has 130 valence electrons. The lowest BCUT2D eigenvalue weighted by Gasteiger charge is -2.26. The van der Waals surface area contributed by atoms with Crippen LogP contribution in [0.4, 0.5) is 0 Å². The number of likely N-dealkylation sites (N-methyl/N-ethyl adjacent to an activating group) is 1. The second-order valence-corrected chi connectivity index (χ2v) is 6.74. The molecule has 1 aromatic carbocycles. The number of likely N-dealkylation sites (tertiary alicyclic amines) is 2. The van der Waals surface area contributed by atoms with Gasteiger partial charge in [-0.1, -0.05) is 0 Å². The van der Waals surface area contributed by atoms with Gasteiger partial charge in [-0.25, -0.2) is 0 Å². The third-order valence-electron chi connectivity index (χ3n) is 5.00. The molecule has 0 spiro atoms. The van der Waals surface area contributed by atoms with Gasteiger partial charge in [0.2, 0.25) is 5.91 Å². The maximum absolute atomic E-state index is 12.8. The lowest BCUT2D eigenvalue weighted by atomic mass is 10.1. The van der Waals surface area contributed by atoms with Crippen LogP contribution in [0.3, 0.4) is 0 Å². The maximum Gasteiger partial charge on any atom is 0.254 e. The average molecular weight is 331 g/mol. The zero-order valence-electron chi connectivity index (χ0n) is 14.6. The summed E-state index contributed by atoms with van der Waals surface area (Å²) in [4.78, 5) is 31.1. The van der Waals surface area contributed by atoms with Crippen molar-refractivity contribution < 1.29 is 14.3 Å². The van der Waals surface area contributed by atoms with E-state index in [1.165, 1.54) is 0 Å². The number of nitrogens with zero attached hydrogens (tertiary/aromatic N) is 3. The molecular weight excluding hydrogens is 306 g/mol. The van der Waals surface area contributed by atoms with Crippen molar-refractivity contribution >= 4 is 11.8 Å². The average Bonchev–Trinajstić information content (AvgIpc) is 3.10. The highest BCUT2D eigenvalue weighted by atomic mass is 16.5. The molecule has 0 bridgehead atoms. The zero-order valence-corrected chi connectivity index (χ0v) is 14.6. The van der Waals surface area contributed by atoms with Crippen LogP contribution in [0.5, 0.6) is 5.75 Å². The number of fused-ring (bicyclic) bond motifs is 1. The van der Waals surface area contributed by atoms with Crippen molar-refractivity contribution in [1.82, 2.24) is 14.7 Å². The van der Waals surface area contributed by atoms with Crippen LogP contribution in [0.15, 0.2) is 24.3 Å². The molecule has 0 radical (unpaired) electrons. The van der Waals surface area contributed by atoms with Crippen molar-refractivity contribution in [3.63, 3.8) is 0 Å². The zero-order chi connectivity index (χ0) is 17.3. The van der Waals surface area contributed by atoms with E-state index in [0.717, 1.165) is 25.3 Å². The molecule has 0 N–H and O–H groups in total. The van der Waals surface area contributed by atoms with Gasteiger partial charge in [-0.3, -0.25) is 9.59 Å². The summed E-state index contributed by atoms with van der Waals surface area (Å²) in [7, 11) is 5.62. The highest BCUT2D eigenvalue weighted by Gasteiger charge is 2.48. The van der Waals surface area contributed by atoms with Crippen molar-refractivity contribution in [1.29, 1.82) is 0 Å². The van der Waals surface area contributed by atoms with Crippen LogP contribution < -0.4 is 4.74 Å². The number of hydrogen-bond acceptors (Lipinski definition) is 4. The second kappa shape index (κ2) is 6.81. The molecule has 24 heavy (non-hydrogen) atoms. The summed E-state index contributed by atoms with van der Waals surface area (Å²) >= 11 is 0. The summed E-state index contributed by atoms with van der Waals surface area (Å²) < 4.78 is 5.14. The van der Waals surface area contributed by atoms with E-state index in [0.29, 0.717) is 18.5 Å². The number of benzene rings is 1. The second-order valence-electron chi connectivity index (χ2n) is 6.74. The van der Waals surface area contributed by atoms with Gasteiger partial charge in [0.05, 0.1) is 19.2 Å². The first-order valence-corrected chi connectivity index (χ1v) is 8.40. The predicted molar refractivity (Wildman–Crippen MR) is 91.1 cm³/mol. The number of methoxy groups -OCH3 is 1. The topological polar surface area (TPSA) is 53.1 Å². The summed E-state index contributed by atoms with van der Waals surface area (Å²) in [6, 6.07) is 7.34. The lowest BCUT2D eigenvalue weighted by molar-refractivity contribution is -0.129. The molecular formula is C18H25N3O3. The monoisotopic (exact) mass is 331 g/mol. The van der Waals surface area contributed by atoms with Crippen molar-refractivity contribution in [3.8, 4) is 5.75 Å². The fourth-order valence-corrected chi connectivity index (χ4v) is 3.68. The molecule has 6 heteroatoms. The van der Waals surface area contributed by atoms with E-state index in [9.17, 15) is 9.59 Å². The Bertz CT molecular complexity index is 614. The standard InChI is InChI=1S/C18H25N3O3/c1-19(2)10-11-20-15-8-9-21(16(15)12-17(20)22)18(23)13-4-6-14(24-3)7-5-13/h4-7,15-16H,8-12H2,1-3H3/t15-,16+/m1/s1. The van der Waals surface area contributed by atoms with Crippen molar-refractivity contribution in [2.45, 2.75) is 24.9 Å². The maximum atomic E-state index is 12.8. The first-order chi connectivity index (χ1) is 11.5. The summed E-state index contributed by atoms with van der Waals surface area (Å²) in [6.45, 7) is 2.30. The van der Waals surface area contributed by atoms with Crippen LogP contribution in [0.1, 0.15) is 23.2 Å². The first-order valence-electron chi connectivity index (χ1n) is 8.40. The van der Waals surface area contributed by atoms with Gasteiger partial charge in [0.25, 0.3) is 5.91 Å². The summed E-state index contributed by atoms with van der Waals surface area (Å²) in [6.07, 6.45) is 1.31. The van der Waals surface area contributed by atoms with E-state index in [4.69, 9.17) is 4.74 Å². The molecule has 3 rings (SSSR count). The Labute approximate surface area is 143 Å². The van der Waals surface area contributed by atoms with E-state index in [2.05, 4.69) is 4.90 Å². The Hall–Kier alpha value is -2.08. The van der Waals surface area contributed by atoms with Crippen LogP contribution in [0, 0.1) is 0 Å². The minimum atomic E-state index is 0.00686. The van der Waals surface area contributed by atoms with E-state index in [1.54, 1.807) is 31.4 Å². The van der Waals surface area contributed by atoms with Crippen LogP contribution in [0.2, 0.25) is 0 Å². The molecule has 2 aliphatic rings. The number of ether oxygens (including phenoxy) is 1. The highest BCUT2D eigenvalue weighted by Crippen LogP contribution is 2.33. The molecule has 2 amide bonds. The Morgan fingerprint density at radius 1 is 1.25 bits per heavy atom. The van der Waals surface area contributed by atoms with Crippen molar-refractivity contribution in [2.24, 2.45) is 0 Å². The Morgan fingerprint density at radius 2 is 1.96 bits per heavy atom. The molecule has 2 atom stereocenters. The van der Waals surface area contributed by atoms with Gasteiger partial charge in [0, 0.05) is 31.6 Å². The highest BCUT2D eigenvalue weighted by molar-refractivity contribution is 5.95. The van der Waals surface area contributed by atoms with Gasteiger partial charge >= 0.3 is 0 Å². The number of carbonyl (C=O) groups excluding carboxylic acids is 2. The van der Waals surface area contributed by atoms with Crippen LogP contribution in [0.25, 0.3) is 0 Å². The number of rotatable bonds is 5. The summed E-state index contributed by atoms with van der Waals surface area (Å²) in [5, 5.41) is 0. The van der Waals surface area contributed by atoms with Crippen molar-refractivity contribution in [2.75, 3.05) is 40.8 Å². The molecule has 0 aliphatic carbocycles. The minimum absolute atomic E-state index is 0.00686. The molecule has 0 unspecified atom stereocenters. The molecule has 0 aromatic heterocycles. The number of carbonyl (C=O) groups is 2. The summed E-state index contributed by atoms with van der Waals surface area (Å²) in [5.41, 5.74) is 0.649. The Morgan fingerprint density at radius 3 is 2.58 bits per heavy atom. The van der Waals surface area contributed by atoms with Gasteiger partial charge in [-0.2, -0.15) is 0 Å². The third kappa shape index (κ3) is 3.11. The van der Waals surface area contributed by atoms with Crippen LogP contribution >= 0.6 is 0 Å². The fraction of sp³-hybridized carbons (Fsp3) is 0.556.